The number of likely N-dealkylation sites (tertiary alicyclic amines) is 4. The summed E-state index contributed by atoms with van der Waals surface area (Å²) in [7, 11) is -2.69. The van der Waals surface area contributed by atoms with Crippen LogP contribution < -0.4 is 5.32 Å². The van der Waals surface area contributed by atoms with Gasteiger partial charge in [-0.2, -0.15) is 11.8 Å². The van der Waals surface area contributed by atoms with Gasteiger partial charge in [-0.1, -0.05) is 12.8 Å². The van der Waals surface area contributed by atoms with E-state index in [-0.39, 0.29) is 0 Å². The third kappa shape index (κ3) is 34.3. The molecule has 8 heterocycles. The maximum atomic E-state index is 11.0. The van der Waals surface area contributed by atoms with E-state index in [2.05, 4.69) is 167 Å². The number of rotatable bonds is 8. The Morgan fingerprint density at radius 2 is 0.577 bits per heavy atom. The van der Waals surface area contributed by atoms with E-state index in [0.29, 0.717) is 36.7 Å². The molecule has 0 aromatic heterocycles. The molecule has 0 aliphatic carbocycles. The van der Waals surface area contributed by atoms with Crippen LogP contribution in [0.5, 0.6) is 0 Å². The van der Waals surface area contributed by atoms with Crippen LogP contribution in [0, 0.1) is 0 Å². The summed E-state index contributed by atoms with van der Waals surface area (Å²) in [5, 5.41) is 3.33. The second-order valence-electron chi connectivity index (χ2n) is 23.3. The normalized spacial score (nSPS) is 23.4. The Morgan fingerprint density at radius 3 is 0.817 bits per heavy atom. The average Bonchev–Trinajstić information content (AvgIpc) is 3.90. The molecule has 71 heavy (non-hydrogen) atoms. The number of thioether (sulfide) groups is 1. The number of piperidine rings is 2. The van der Waals surface area contributed by atoms with E-state index in [0.717, 1.165) is 75.6 Å². The number of nitrogens with zero attached hydrogens (tertiary/aromatic N) is 8. The summed E-state index contributed by atoms with van der Waals surface area (Å²) >= 11 is 2.07. The molecule has 12 nitrogen and oxygen atoms in total. The third-order valence-electron chi connectivity index (χ3n) is 15.3. The van der Waals surface area contributed by atoms with Gasteiger partial charge in [-0.05, 0) is 208 Å². The van der Waals surface area contributed by atoms with Crippen molar-refractivity contribution in [3.05, 3.63) is 0 Å². The Bertz CT molecular complexity index is 1160. The van der Waals surface area contributed by atoms with Crippen LogP contribution in [0.4, 0.5) is 0 Å². The summed E-state index contributed by atoms with van der Waals surface area (Å²) in [6, 6.07) is 5.75. The first-order valence-electron chi connectivity index (χ1n) is 29.6. The minimum Gasteiger partial charge on any atom is -0.379 e. The lowest BCUT2D eigenvalue weighted by molar-refractivity contribution is 0.0238. The fraction of sp³-hybridized carbons (Fsp3) is 1.00. The number of morpholine rings is 1. The van der Waals surface area contributed by atoms with Gasteiger partial charge in [0.25, 0.3) is 0 Å². The van der Waals surface area contributed by atoms with E-state index < -0.39 is 9.84 Å². The molecule has 0 unspecified atom stereocenters. The highest BCUT2D eigenvalue weighted by Crippen LogP contribution is 2.14. The smallest absolute Gasteiger partial charge is 0.152 e. The molecule has 0 spiro atoms. The lowest BCUT2D eigenvalue weighted by Gasteiger charge is -2.34. The molecular formula is C57H123N9O3S2. The lowest BCUT2D eigenvalue weighted by Crippen LogP contribution is -2.46. The van der Waals surface area contributed by atoms with Crippen LogP contribution in [0.25, 0.3) is 0 Å². The molecule has 1 N–H and O–H groups in total. The average molecular weight is 1050 g/mol. The predicted octanol–water partition coefficient (Wildman–Crippen LogP) is 8.95. The van der Waals surface area contributed by atoms with Crippen molar-refractivity contribution in [2.24, 2.45) is 0 Å². The van der Waals surface area contributed by atoms with Crippen LogP contribution in [0.15, 0.2) is 0 Å². The van der Waals surface area contributed by atoms with Crippen molar-refractivity contribution in [1.82, 2.24) is 44.5 Å². The van der Waals surface area contributed by atoms with E-state index in [4.69, 9.17) is 4.74 Å². The number of hydrogen-bond acceptors (Lipinski definition) is 13. The van der Waals surface area contributed by atoms with E-state index >= 15 is 0 Å². The van der Waals surface area contributed by atoms with Gasteiger partial charge in [-0.25, -0.2) is 8.42 Å². The van der Waals surface area contributed by atoms with Crippen LogP contribution in [0.2, 0.25) is 0 Å². The number of sulfone groups is 1. The molecule has 426 valence electrons. The number of ether oxygens (including phenoxy) is 1. The second kappa shape index (κ2) is 41.1. The third-order valence-corrected chi connectivity index (χ3v) is 17.8. The highest BCUT2D eigenvalue weighted by molar-refractivity contribution is 7.99. The second-order valence-corrected chi connectivity index (χ2v) is 26.9. The topological polar surface area (TPSA) is 81.3 Å². The predicted molar refractivity (Wildman–Crippen MR) is 315 cm³/mol. The van der Waals surface area contributed by atoms with Gasteiger partial charge < -0.3 is 29.7 Å². The molecule has 8 rings (SSSR count). The summed E-state index contributed by atoms with van der Waals surface area (Å²) in [4.78, 5) is 19.8. The molecule has 8 aliphatic heterocycles. The summed E-state index contributed by atoms with van der Waals surface area (Å²) in [5.74, 6) is 3.34. The van der Waals surface area contributed by atoms with Crippen molar-refractivity contribution >= 4 is 21.6 Å². The quantitative estimate of drug-likeness (QED) is 0.252. The number of hydrogen-bond donors (Lipinski definition) is 1. The molecule has 14 heteroatoms. The van der Waals surface area contributed by atoms with Crippen LogP contribution in [-0.4, -0.2) is 250 Å². The zero-order valence-electron chi connectivity index (χ0n) is 50.1. The van der Waals surface area contributed by atoms with E-state index in [1.165, 1.54) is 148 Å². The molecule has 8 aliphatic rings. The SMILES string of the molecule is CC(C)N1CCC1.CC(C)N1CCCC1.CC(C)N1CCCCC1.CC(C)N1CCCCC1.CC(C)N1CCNCC1.CC(C)N1CCOCC1.CC(C)N1CCS(=O)(=O)CC1.CC(C)N1CCSCC1. The molecule has 8 fully saturated rings. The minimum absolute atomic E-state index is 0.338. The van der Waals surface area contributed by atoms with Gasteiger partial charge in [-0.15, -0.1) is 0 Å². The van der Waals surface area contributed by atoms with Crippen LogP contribution in [-0.2, 0) is 14.6 Å². The molecule has 0 amide bonds. The van der Waals surface area contributed by atoms with Gasteiger partial charge in [0.2, 0.25) is 0 Å². The van der Waals surface area contributed by atoms with Crippen molar-refractivity contribution in [3.8, 4) is 0 Å². The highest BCUT2D eigenvalue weighted by Gasteiger charge is 2.23. The zero-order chi connectivity index (χ0) is 53.2. The first kappa shape index (κ1) is 68.9. The molecule has 8 saturated heterocycles. The molecule has 0 aromatic carbocycles. The lowest BCUT2D eigenvalue weighted by atomic mass is 10.1. The van der Waals surface area contributed by atoms with Crippen molar-refractivity contribution < 1.29 is 13.2 Å². The van der Waals surface area contributed by atoms with Crippen molar-refractivity contribution in [2.75, 3.05) is 154 Å². The summed E-state index contributed by atoms with van der Waals surface area (Å²) in [5.41, 5.74) is 0. The number of piperazine rings is 1. The largest absolute Gasteiger partial charge is 0.379 e. The van der Waals surface area contributed by atoms with Crippen LogP contribution >= 0.6 is 11.8 Å². The molecule has 0 aromatic rings. The van der Waals surface area contributed by atoms with E-state index in [1.54, 1.807) is 0 Å². The van der Waals surface area contributed by atoms with Gasteiger partial charge >= 0.3 is 0 Å². The Morgan fingerprint density at radius 1 is 0.324 bits per heavy atom. The van der Waals surface area contributed by atoms with Crippen LogP contribution in [0.1, 0.15) is 169 Å². The van der Waals surface area contributed by atoms with Gasteiger partial charge in [0.15, 0.2) is 9.84 Å². The highest BCUT2D eigenvalue weighted by atomic mass is 32.2. The Kier molecular flexibility index (Phi) is 39.9. The van der Waals surface area contributed by atoms with Gasteiger partial charge in [0.1, 0.15) is 0 Å². The molecular weight excluding hydrogens is 923 g/mol. The Labute approximate surface area is 448 Å². The first-order valence-corrected chi connectivity index (χ1v) is 32.6. The van der Waals surface area contributed by atoms with E-state index in [9.17, 15) is 8.42 Å². The fourth-order valence-electron chi connectivity index (χ4n) is 9.61. The molecule has 0 saturated carbocycles. The molecule has 0 bridgehead atoms. The van der Waals surface area contributed by atoms with Crippen molar-refractivity contribution in [2.45, 2.75) is 217 Å². The molecule has 0 atom stereocenters. The maximum absolute atomic E-state index is 11.0. The van der Waals surface area contributed by atoms with Gasteiger partial charge in [0, 0.05) is 125 Å². The fourth-order valence-corrected chi connectivity index (χ4v) is 11.8. The summed E-state index contributed by atoms with van der Waals surface area (Å²) < 4.78 is 27.2. The Balaban J connectivity index is 0.000000407. The summed E-state index contributed by atoms with van der Waals surface area (Å²) in [6.07, 6.45) is 12.8. The summed E-state index contributed by atoms with van der Waals surface area (Å²) in [6.45, 7) is 59.3. The minimum atomic E-state index is -2.69. The zero-order valence-corrected chi connectivity index (χ0v) is 51.7. The molecule has 0 radical (unpaired) electrons. The number of nitrogens with one attached hydrogen (secondary N) is 1. The monoisotopic (exact) mass is 1050 g/mol. The first-order chi connectivity index (χ1) is 33.6. The van der Waals surface area contributed by atoms with Crippen molar-refractivity contribution in [1.29, 1.82) is 0 Å². The standard InChI is InChI=1S/2C8H17N.C7H16N2.C7H15NO2S.C7H15NO.C7H15NS.C7H15N.C6H13N/c2*1-8(2)9-6-4-3-5-7-9;1-7(2)9-5-3-8-4-6-9;1-7(2)8-3-5-11(9,10)6-4-8;2*1-7(2)8-3-5-9-6-4-8;1-7(2)8-5-3-4-6-8;1-6(2)7-4-3-5-7/h2*8H,3-7H2,1-2H3;7-8H,3-6H2,1-2H3;7H,3-6H2,1-2H3;2*7H,3-6H2,1-2H3;7H,3-6H2,1-2H3;6H,3-5H2,1-2H3. The Hall–Kier alpha value is -0.100. The van der Waals surface area contributed by atoms with Gasteiger partial charge in [0.05, 0.1) is 24.7 Å². The van der Waals surface area contributed by atoms with Crippen LogP contribution in [0.3, 0.4) is 0 Å². The van der Waals surface area contributed by atoms with Crippen molar-refractivity contribution in [3.63, 3.8) is 0 Å². The van der Waals surface area contributed by atoms with E-state index in [1.807, 2.05) is 0 Å². The maximum Gasteiger partial charge on any atom is 0.152 e. The van der Waals surface area contributed by atoms with Gasteiger partial charge in [-0.3, -0.25) is 19.6 Å².